The van der Waals surface area contributed by atoms with Gasteiger partial charge in [-0.2, -0.15) is 0 Å². The molecule has 176 valence electrons. The molecular weight excluding hydrogens is 398 g/mol. The highest BCUT2D eigenvalue weighted by Gasteiger charge is 2.15. The molecule has 1 aromatic carbocycles. The molecule has 0 aliphatic rings. The first-order valence-electron chi connectivity index (χ1n) is 12.0. The average molecular weight is 444 g/mol. The van der Waals surface area contributed by atoms with Crippen LogP contribution in [-0.2, 0) is 11.3 Å². The Bertz CT molecular complexity index is 461. The maximum absolute atomic E-state index is 10.3. The van der Waals surface area contributed by atoms with Crippen molar-refractivity contribution in [3.8, 4) is 0 Å². The van der Waals surface area contributed by atoms with E-state index in [2.05, 4.69) is 19.1 Å². The fourth-order valence-electron chi connectivity index (χ4n) is 3.75. The zero-order chi connectivity index (χ0) is 21.0. The van der Waals surface area contributed by atoms with Gasteiger partial charge in [-0.05, 0) is 6.42 Å². The molecule has 3 N–H and O–H groups in total. The van der Waals surface area contributed by atoms with E-state index in [0.29, 0.717) is 26.1 Å². The van der Waals surface area contributed by atoms with Gasteiger partial charge in [-0.1, -0.05) is 95.0 Å². The lowest BCUT2D eigenvalue weighted by Crippen LogP contribution is -3.12. The molecule has 0 aromatic heterocycles. The van der Waals surface area contributed by atoms with Crippen LogP contribution < -0.4 is 17.3 Å². The summed E-state index contributed by atoms with van der Waals surface area (Å²) < 4.78 is 5.72. The molecule has 5 heteroatoms. The van der Waals surface area contributed by atoms with Crippen molar-refractivity contribution in [2.24, 2.45) is 0 Å². The topological polar surface area (TPSA) is 54.1 Å². The van der Waals surface area contributed by atoms with Crippen molar-refractivity contribution in [2.45, 2.75) is 90.2 Å². The van der Waals surface area contributed by atoms with Gasteiger partial charge in [-0.25, -0.2) is 0 Å². The molecule has 0 bridgehead atoms. The monoisotopic (exact) mass is 443 g/mol. The standard InChI is InChI=1S/C25H45NO3.ClH/c1-2-3-4-5-6-7-8-9-10-14-20-29-21-17-25(28)23-26(18-19-27)22-24-15-12-11-13-16-24;/h11-13,15-16,25,27-28H,2-10,14,17-23H2,1H3;1H. The average Bonchev–Trinajstić information content (AvgIpc) is 2.72. The highest BCUT2D eigenvalue weighted by atomic mass is 35.5. The number of halogens is 1. The number of benzene rings is 1. The molecular formula is C25H46ClNO3. The molecule has 0 saturated heterocycles. The number of unbranched alkanes of at least 4 members (excludes halogenated alkanes) is 9. The zero-order valence-electron chi connectivity index (χ0n) is 19.2. The molecule has 30 heavy (non-hydrogen) atoms. The van der Waals surface area contributed by atoms with Gasteiger partial charge in [0.25, 0.3) is 0 Å². The van der Waals surface area contributed by atoms with Crippen LogP contribution in [0.5, 0.6) is 0 Å². The fourth-order valence-corrected chi connectivity index (χ4v) is 3.75. The van der Waals surface area contributed by atoms with Crippen LogP contribution >= 0.6 is 0 Å². The van der Waals surface area contributed by atoms with Crippen LogP contribution in [0.25, 0.3) is 0 Å². The summed E-state index contributed by atoms with van der Waals surface area (Å²) in [5.41, 5.74) is 1.24. The normalized spacial score (nSPS) is 13.0. The van der Waals surface area contributed by atoms with E-state index in [1.807, 2.05) is 18.2 Å². The molecule has 1 rings (SSSR count). The fraction of sp³-hybridized carbons (Fsp3) is 0.760. The van der Waals surface area contributed by atoms with Crippen LogP contribution in [0.1, 0.15) is 83.1 Å². The van der Waals surface area contributed by atoms with E-state index >= 15 is 0 Å². The molecule has 2 atom stereocenters. The Morgan fingerprint density at radius 2 is 1.47 bits per heavy atom. The molecule has 0 heterocycles. The number of hydrogen-bond acceptors (Lipinski definition) is 3. The Morgan fingerprint density at radius 3 is 2.07 bits per heavy atom. The van der Waals surface area contributed by atoms with Crippen molar-refractivity contribution in [1.82, 2.24) is 0 Å². The van der Waals surface area contributed by atoms with E-state index in [-0.39, 0.29) is 25.1 Å². The lowest BCUT2D eigenvalue weighted by Gasteiger charge is -2.21. The third-order valence-electron chi connectivity index (χ3n) is 5.52. The number of aliphatic hydroxyl groups is 2. The summed E-state index contributed by atoms with van der Waals surface area (Å²) in [7, 11) is 0. The lowest BCUT2D eigenvalue weighted by atomic mass is 10.1. The molecule has 0 spiro atoms. The first-order chi connectivity index (χ1) is 14.3. The predicted octanol–water partition coefficient (Wildman–Crippen LogP) is 0.756. The summed E-state index contributed by atoms with van der Waals surface area (Å²) >= 11 is 0. The number of quaternary nitrogens is 1. The van der Waals surface area contributed by atoms with Crippen molar-refractivity contribution in [3.05, 3.63) is 35.9 Å². The molecule has 0 radical (unpaired) electrons. The maximum atomic E-state index is 10.3. The van der Waals surface area contributed by atoms with E-state index in [1.165, 1.54) is 68.3 Å². The third kappa shape index (κ3) is 17.1. The van der Waals surface area contributed by atoms with E-state index in [0.717, 1.165) is 19.6 Å². The van der Waals surface area contributed by atoms with Crippen LogP contribution in [-0.4, -0.2) is 49.2 Å². The van der Waals surface area contributed by atoms with E-state index in [4.69, 9.17) is 4.74 Å². The van der Waals surface area contributed by atoms with Crippen LogP contribution in [0.3, 0.4) is 0 Å². The smallest absolute Gasteiger partial charge is 0.105 e. The second-order valence-corrected chi connectivity index (χ2v) is 8.33. The highest BCUT2D eigenvalue weighted by Crippen LogP contribution is 2.10. The van der Waals surface area contributed by atoms with E-state index < -0.39 is 0 Å². The van der Waals surface area contributed by atoms with E-state index in [1.54, 1.807) is 0 Å². The molecule has 1 aromatic rings. The lowest BCUT2D eigenvalue weighted by molar-refractivity contribution is -0.917. The second-order valence-electron chi connectivity index (χ2n) is 8.33. The molecule has 2 unspecified atom stereocenters. The van der Waals surface area contributed by atoms with Crippen molar-refractivity contribution >= 4 is 0 Å². The minimum absolute atomic E-state index is 0. The first kappa shape index (κ1) is 29.4. The molecule has 0 fully saturated rings. The summed E-state index contributed by atoms with van der Waals surface area (Å²) in [6.07, 6.45) is 13.6. The van der Waals surface area contributed by atoms with Crippen molar-refractivity contribution in [3.63, 3.8) is 0 Å². The van der Waals surface area contributed by atoms with Crippen LogP contribution in [0.2, 0.25) is 0 Å². The van der Waals surface area contributed by atoms with Crippen LogP contribution in [0.15, 0.2) is 30.3 Å². The molecule has 0 amide bonds. The molecule has 0 aliphatic heterocycles. The van der Waals surface area contributed by atoms with Gasteiger partial charge in [-0.15, -0.1) is 0 Å². The molecule has 4 nitrogen and oxygen atoms in total. The quantitative estimate of drug-likeness (QED) is 0.261. The zero-order valence-corrected chi connectivity index (χ0v) is 19.9. The van der Waals surface area contributed by atoms with Crippen LogP contribution in [0.4, 0.5) is 0 Å². The Labute approximate surface area is 191 Å². The largest absolute Gasteiger partial charge is 1.00 e. The van der Waals surface area contributed by atoms with Crippen molar-refractivity contribution < 1.29 is 32.3 Å². The minimum atomic E-state index is -0.382. The number of ether oxygens (including phenoxy) is 1. The third-order valence-corrected chi connectivity index (χ3v) is 5.52. The summed E-state index contributed by atoms with van der Waals surface area (Å²) in [5, 5.41) is 19.6. The second kappa shape index (κ2) is 21.6. The minimum Gasteiger partial charge on any atom is -1.00 e. The number of hydrogen-bond donors (Lipinski definition) is 3. The summed E-state index contributed by atoms with van der Waals surface area (Å²) in [4.78, 5) is 1.21. The Balaban J connectivity index is 0.00000841. The van der Waals surface area contributed by atoms with Gasteiger partial charge >= 0.3 is 0 Å². The number of nitrogens with one attached hydrogen (secondary N) is 1. The predicted molar refractivity (Wildman–Crippen MR) is 121 cm³/mol. The highest BCUT2D eigenvalue weighted by molar-refractivity contribution is 5.13. The van der Waals surface area contributed by atoms with E-state index in [9.17, 15) is 10.2 Å². The number of rotatable bonds is 20. The molecule has 0 aliphatic carbocycles. The van der Waals surface area contributed by atoms with Crippen molar-refractivity contribution in [1.29, 1.82) is 0 Å². The van der Waals surface area contributed by atoms with Crippen LogP contribution in [0, 0.1) is 0 Å². The van der Waals surface area contributed by atoms with Gasteiger partial charge in [-0.3, -0.25) is 0 Å². The maximum Gasteiger partial charge on any atom is 0.105 e. The van der Waals surface area contributed by atoms with Gasteiger partial charge in [0.15, 0.2) is 0 Å². The van der Waals surface area contributed by atoms with Crippen molar-refractivity contribution in [2.75, 3.05) is 32.9 Å². The van der Waals surface area contributed by atoms with Gasteiger partial charge < -0.3 is 32.3 Å². The Kier molecular flexibility index (Phi) is 21.1. The van der Waals surface area contributed by atoms with Gasteiger partial charge in [0.1, 0.15) is 25.7 Å². The van der Waals surface area contributed by atoms with Gasteiger partial charge in [0, 0.05) is 25.2 Å². The van der Waals surface area contributed by atoms with Gasteiger partial charge in [0.05, 0.1) is 6.61 Å². The molecule has 0 saturated carbocycles. The summed E-state index contributed by atoms with van der Waals surface area (Å²) in [6, 6.07) is 10.3. The first-order valence-corrected chi connectivity index (χ1v) is 12.0. The Hall–Kier alpha value is -0.650. The van der Waals surface area contributed by atoms with Gasteiger partial charge in [0.2, 0.25) is 0 Å². The number of aliphatic hydroxyl groups excluding tert-OH is 2. The SMILES string of the molecule is CCCCCCCCCCCCOCCC(O)C[NH+](CCO)Cc1ccccc1.[Cl-]. The Morgan fingerprint density at radius 1 is 0.867 bits per heavy atom. The summed E-state index contributed by atoms with van der Waals surface area (Å²) in [5.74, 6) is 0. The summed E-state index contributed by atoms with van der Waals surface area (Å²) in [6.45, 7) is 5.98.